The molecule has 1 aromatic carbocycles. The summed E-state index contributed by atoms with van der Waals surface area (Å²) in [4.78, 5) is 0. The number of halogens is 1. The number of hydrogen-bond donors (Lipinski definition) is 0. The minimum Gasteiger partial charge on any atom is -0.468 e. The number of rotatable bonds is 4. The van der Waals surface area contributed by atoms with Gasteiger partial charge in [0, 0.05) is 12.1 Å². The van der Waals surface area contributed by atoms with Crippen LogP contribution < -0.4 is 4.74 Å². The molecule has 14 heavy (non-hydrogen) atoms. The molecule has 0 aliphatic carbocycles. The summed E-state index contributed by atoms with van der Waals surface area (Å²) < 4.78 is 9.96. The minimum absolute atomic E-state index is 0.188. The molecule has 0 amide bonds. The quantitative estimate of drug-likeness (QED) is 0.719. The van der Waals surface area contributed by atoms with Gasteiger partial charge >= 0.3 is 0 Å². The molecule has 0 spiro atoms. The Balaban J connectivity index is 2.79. The van der Waals surface area contributed by atoms with Crippen LogP contribution in [0, 0.1) is 11.3 Å². The number of benzene rings is 1. The first kappa shape index (κ1) is 10.8. The van der Waals surface area contributed by atoms with Gasteiger partial charge in [0.2, 0.25) is 0 Å². The van der Waals surface area contributed by atoms with E-state index in [1.807, 2.05) is 6.07 Å². The van der Waals surface area contributed by atoms with Crippen molar-refractivity contribution in [2.45, 2.75) is 6.42 Å². The van der Waals surface area contributed by atoms with Gasteiger partial charge in [0.15, 0.2) is 6.79 Å². The molecule has 0 bridgehead atoms. The van der Waals surface area contributed by atoms with E-state index in [-0.39, 0.29) is 13.2 Å². The summed E-state index contributed by atoms with van der Waals surface area (Å²) in [6.45, 7) is 0.188. The third-order valence-corrected chi connectivity index (χ3v) is 2.00. The molecule has 0 saturated carbocycles. The second-order valence-electron chi connectivity index (χ2n) is 2.64. The van der Waals surface area contributed by atoms with E-state index >= 15 is 0 Å². The predicted octanol–water partition coefficient (Wildman–Crippen LogP) is 2.39. The van der Waals surface area contributed by atoms with Gasteiger partial charge in [-0.3, -0.25) is 0 Å². The Morgan fingerprint density at radius 3 is 2.93 bits per heavy atom. The van der Waals surface area contributed by atoms with Crippen LogP contribution in [0.5, 0.6) is 5.75 Å². The smallest absolute Gasteiger partial charge is 0.188 e. The fraction of sp³-hybridized carbons (Fsp3) is 0.300. The van der Waals surface area contributed by atoms with Crippen molar-refractivity contribution in [1.82, 2.24) is 0 Å². The fourth-order valence-corrected chi connectivity index (χ4v) is 1.17. The molecule has 1 aromatic rings. The van der Waals surface area contributed by atoms with Crippen molar-refractivity contribution < 1.29 is 9.47 Å². The van der Waals surface area contributed by atoms with E-state index in [1.54, 1.807) is 25.3 Å². The summed E-state index contributed by atoms with van der Waals surface area (Å²) in [6, 6.07) is 7.22. The molecule has 74 valence electrons. The molecule has 1 rings (SSSR count). The van der Waals surface area contributed by atoms with E-state index < -0.39 is 0 Å². The summed E-state index contributed by atoms with van der Waals surface area (Å²) in [5, 5.41) is 9.12. The van der Waals surface area contributed by atoms with Crippen LogP contribution in [0.4, 0.5) is 0 Å². The highest BCUT2D eigenvalue weighted by Gasteiger charge is 2.02. The van der Waals surface area contributed by atoms with Crippen molar-refractivity contribution in [2.75, 3.05) is 13.9 Å². The predicted molar refractivity (Wildman–Crippen MR) is 53.3 cm³/mol. The lowest BCUT2D eigenvalue weighted by molar-refractivity contribution is 0.0511. The van der Waals surface area contributed by atoms with Gasteiger partial charge in [0.1, 0.15) is 5.75 Å². The van der Waals surface area contributed by atoms with E-state index in [4.69, 9.17) is 26.3 Å². The normalized spacial score (nSPS) is 9.50. The molecule has 0 aliphatic rings. The van der Waals surface area contributed by atoms with Gasteiger partial charge in [-0.15, -0.1) is 0 Å². The Hall–Kier alpha value is -1.24. The topological polar surface area (TPSA) is 42.2 Å². The van der Waals surface area contributed by atoms with E-state index in [0.717, 1.165) is 5.56 Å². The van der Waals surface area contributed by atoms with Crippen LogP contribution in [-0.4, -0.2) is 13.9 Å². The molecule has 0 fully saturated rings. The third kappa shape index (κ3) is 2.91. The first-order valence-corrected chi connectivity index (χ1v) is 4.43. The van der Waals surface area contributed by atoms with Crippen LogP contribution in [0.25, 0.3) is 0 Å². The highest BCUT2D eigenvalue weighted by atomic mass is 35.5. The molecule has 0 radical (unpaired) electrons. The van der Waals surface area contributed by atoms with Gasteiger partial charge in [-0.1, -0.05) is 11.6 Å². The summed E-state index contributed by atoms with van der Waals surface area (Å²) in [6.07, 6.45) is 0.281. The molecule has 0 atom stereocenters. The van der Waals surface area contributed by atoms with Crippen LogP contribution in [0.15, 0.2) is 18.2 Å². The molecule has 0 aromatic heterocycles. The lowest BCUT2D eigenvalue weighted by Crippen LogP contribution is -1.99. The van der Waals surface area contributed by atoms with E-state index in [9.17, 15) is 0 Å². The maximum absolute atomic E-state index is 8.54. The first-order valence-electron chi connectivity index (χ1n) is 4.05. The molecule has 0 saturated heterocycles. The zero-order valence-corrected chi connectivity index (χ0v) is 8.54. The largest absolute Gasteiger partial charge is 0.468 e. The Bertz CT molecular complexity index is 346. The van der Waals surface area contributed by atoms with Gasteiger partial charge in [-0.2, -0.15) is 5.26 Å². The molecule has 0 aliphatic heterocycles. The van der Waals surface area contributed by atoms with Crippen LogP contribution >= 0.6 is 11.6 Å². The van der Waals surface area contributed by atoms with Crippen molar-refractivity contribution in [2.24, 2.45) is 0 Å². The maximum atomic E-state index is 8.54. The molecular weight excluding hydrogens is 202 g/mol. The Morgan fingerprint density at radius 2 is 2.29 bits per heavy atom. The zero-order valence-electron chi connectivity index (χ0n) is 7.79. The highest BCUT2D eigenvalue weighted by Crippen LogP contribution is 2.22. The van der Waals surface area contributed by atoms with Crippen LogP contribution in [-0.2, 0) is 11.2 Å². The van der Waals surface area contributed by atoms with E-state index in [0.29, 0.717) is 10.8 Å². The second-order valence-corrected chi connectivity index (χ2v) is 3.05. The fourth-order valence-electron chi connectivity index (χ4n) is 0.989. The molecular formula is C10H10ClNO2. The number of ether oxygens (including phenoxy) is 2. The minimum atomic E-state index is 0.188. The average Bonchev–Trinajstić information content (AvgIpc) is 2.19. The van der Waals surface area contributed by atoms with E-state index in [2.05, 4.69) is 0 Å². The summed E-state index contributed by atoms with van der Waals surface area (Å²) in [7, 11) is 1.55. The Labute approximate surface area is 87.8 Å². The SMILES string of the molecule is COCOc1ccc(Cl)c(CC#N)c1. The number of hydrogen-bond acceptors (Lipinski definition) is 3. The highest BCUT2D eigenvalue weighted by molar-refractivity contribution is 6.31. The number of nitriles is 1. The second kappa shape index (κ2) is 5.48. The number of methoxy groups -OCH3 is 1. The summed E-state index contributed by atoms with van der Waals surface area (Å²) in [5.74, 6) is 0.654. The summed E-state index contributed by atoms with van der Waals surface area (Å²) >= 11 is 5.87. The third-order valence-electron chi connectivity index (χ3n) is 1.63. The van der Waals surface area contributed by atoms with Crippen molar-refractivity contribution in [3.05, 3.63) is 28.8 Å². The van der Waals surface area contributed by atoms with E-state index in [1.165, 1.54) is 0 Å². The van der Waals surface area contributed by atoms with Crippen molar-refractivity contribution in [3.63, 3.8) is 0 Å². The average molecular weight is 212 g/mol. The van der Waals surface area contributed by atoms with Gasteiger partial charge in [-0.25, -0.2) is 0 Å². The van der Waals surface area contributed by atoms with Crippen molar-refractivity contribution in [3.8, 4) is 11.8 Å². The van der Waals surface area contributed by atoms with Crippen LogP contribution in [0.1, 0.15) is 5.56 Å². The van der Waals surface area contributed by atoms with Crippen LogP contribution in [0.3, 0.4) is 0 Å². The lowest BCUT2D eigenvalue weighted by atomic mass is 10.1. The summed E-state index contributed by atoms with van der Waals surface area (Å²) in [5.41, 5.74) is 0.766. The lowest BCUT2D eigenvalue weighted by Gasteiger charge is -2.06. The molecule has 4 heteroatoms. The maximum Gasteiger partial charge on any atom is 0.188 e. The van der Waals surface area contributed by atoms with Gasteiger partial charge in [-0.05, 0) is 23.8 Å². The first-order chi connectivity index (χ1) is 6.77. The monoisotopic (exact) mass is 211 g/mol. The Morgan fingerprint density at radius 1 is 1.50 bits per heavy atom. The molecule has 0 heterocycles. The molecule has 0 unspecified atom stereocenters. The molecule has 0 N–H and O–H groups in total. The standard InChI is InChI=1S/C10H10ClNO2/c1-13-7-14-9-2-3-10(11)8(6-9)4-5-12/h2-3,6H,4,7H2,1H3. The Kier molecular flexibility index (Phi) is 4.24. The molecule has 3 nitrogen and oxygen atoms in total. The van der Waals surface area contributed by atoms with Crippen molar-refractivity contribution in [1.29, 1.82) is 5.26 Å². The van der Waals surface area contributed by atoms with Gasteiger partial charge in [0.25, 0.3) is 0 Å². The van der Waals surface area contributed by atoms with Gasteiger partial charge < -0.3 is 9.47 Å². The number of nitrogens with zero attached hydrogens (tertiary/aromatic N) is 1. The van der Waals surface area contributed by atoms with Gasteiger partial charge in [0.05, 0.1) is 12.5 Å². The van der Waals surface area contributed by atoms with Crippen LogP contribution in [0.2, 0.25) is 5.02 Å². The zero-order chi connectivity index (χ0) is 10.4. The van der Waals surface area contributed by atoms with Crippen molar-refractivity contribution >= 4 is 11.6 Å².